The predicted octanol–water partition coefficient (Wildman–Crippen LogP) is 5.26. The van der Waals surface area contributed by atoms with Crippen LogP contribution in [0.1, 0.15) is 18.4 Å². The van der Waals surface area contributed by atoms with E-state index in [1.165, 1.54) is 7.11 Å². The van der Waals surface area contributed by atoms with Crippen LogP contribution in [0.2, 0.25) is 0 Å². The quantitative estimate of drug-likeness (QED) is 0.605. The summed E-state index contributed by atoms with van der Waals surface area (Å²) in [5, 5.41) is 12.8. The topological polar surface area (TPSA) is 61.8 Å². The number of nitrogens with one attached hydrogen (secondary N) is 1. The molecule has 0 aliphatic heterocycles. The predicted molar refractivity (Wildman–Crippen MR) is 114 cm³/mol. The zero-order valence-electron chi connectivity index (χ0n) is 16.3. The summed E-state index contributed by atoms with van der Waals surface area (Å²) >= 11 is 0. The number of anilines is 1. The van der Waals surface area contributed by atoms with Gasteiger partial charge in [0, 0.05) is 18.3 Å². The van der Waals surface area contributed by atoms with Gasteiger partial charge in [0.15, 0.2) is 11.5 Å². The molecule has 0 heterocycles. The molecule has 0 aromatic heterocycles. The van der Waals surface area contributed by atoms with Gasteiger partial charge in [-0.1, -0.05) is 48.5 Å². The van der Waals surface area contributed by atoms with Gasteiger partial charge in [-0.3, -0.25) is 0 Å². The number of hydrogen-bond acceptors (Lipinski definition) is 3. The third-order valence-corrected chi connectivity index (χ3v) is 5.09. The minimum Gasteiger partial charge on any atom is -0.504 e. The fraction of sp³-hybridized carbons (Fsp3) is 0.208. The number of aromatic hydroxyl groups is 1. The average Bonchev–Trinajstić information content (AvgIpc) is 3.59. The van der Waals surface area contributed by atoms with Crippen molar-refractivity contribution in [1.29, 1.82) is 0 Å². The minimum atomic E-state index is -0.119. The van der Waals surface area contributed by atoms with Crippen LogP contribution in [0.4, 0.5) is 10.5 Å². The first kappa shape index (κ1) is 18.9. The molecule has 1 fully saturated rings. The van der Waals surface area contributed by atoms with Gasteiger partial charge < -0.3 is 20.1 Å². The number of urea groups is 1. The number of amides is 2. The Morgan fingerprint density at radius 3 is 2.38 bits per heavy atom. The Morgan fingerprint density at radius 1 is 1.03 bits per heavy atom. The number of ether oxygens (including phenoxy) is 1. The van der Waals surface area contributed by atoms with Crippen LogP contribution in [0, 0.1) is 0 Å². The summed E-state index contributed by atoms with van der Waals surface area (Å²) < 4.78 is 5.18. The van der Waals surface area contributed by atoms with Crippen molar-refractivity contribution in [2.45, 2.75) is 25.4 Å². The van der Waals surface area contributed by atoms with E-state index in [4.69, 9.17) is 4.74 Å². The highest BCUT2D eigenvalue weighted by molar-refractivity contribution is 5.90. The summed E-state index contributed by atoms with van der Waals surface area (Å²) in [7, 11) is 1.52. The Labute approximate surface area is 170 Å². The van der Waals surface area contributed by atoms with Crippen molar-refractivity contribution in [3.05, 3.63) is 78.4 Å². The van der Waals surface area contributed by atoms with E-state index in [2.05, 4.69) is 17.4 Å². The number of carbonyl (C=O) groups excluding carboxylic acids is 1. The van der Waals surface area contributed by atoms with Gasteiger partial charge >= 0.3 is 6.03 Å². The van der Waals surface area contributed by atoms with E-state index in [9.17, 15) is 9.90 Å². The minimum absolute atomic E-state index is 0.0946. The molecule has 0 saturated heterocycles. The first-order valence-corrected chi connectivity index (χ1v) is 9.73. The summed E-state index contributed by atoms with van der Waals surface area (Å²) in [4.78, 5) is 14.8. The van der Waals surface area contributed by atoms with Gasteiger partial charge in [-0.25, -0.2) is 4.79 Å². The van der Waals surface area contributed by atoms with Crippen molar-refractivity contribution in [2.75, 3.05) is 12.4 Å². The molecule has 0 bridgehead atoms. The molecule has 2 N–H and O–H groups in total. The molecule has 0 unspecified atom stereocenters. The molecule has 2 amide bonds. The molecular weight excluding hydrogens is 364 g/mol. The van der Waals surface area contributed by atoms with Gasteiger partial charge in [0.1, 0.15) is 0 Å². The van der Waals surface area contributed by atoms with Crippen LogP contribution < -0.4 is 10.1 Å². The van der Waals surface area contributed by atoms with Gasteiger partial charge in [0.2, 0.25) is 0 Å². The lowest BCUT2D eigenvalue weighted by Gasteiger charge is -2.23. The van der Waals surface area contributed by atoms with E-state index in [0.717, 1.165) is 35.2 Å². The number of carbonyl (C=O) groups is 1. The summed E-state index contributed by atoms with van der Waals surface area (Å²) in [6.45, 7) is 0.467. The Kier molecular flexibility index (Phi) is 5.38. The van der Waals surface area contributed by atoms with Crippen molar-refractivity contribution < 1.29 is 14.6 Å². The van der Waals surface area contributed by atoms with Crippen molar-refractivity contribution in [3.8, 4) is 22.6 Å². The lowest BCUT2D eigenvalue weighted by molar-refractivity contribution is 0.206. The third kappa shape index (κ3) is 4.51. The van der Waals surface area contributed by atoms with Gasteiger partial charge in [-0.2, -0.15) is 0 Å². The molecule has 0 atom stereocenters. The lowest BCUT2D eigenvalue weighted by Crippen LogP contribution is -2.36. The Balaban J connectivity index is 1.45. The van der Waals surface area contributed by atoms with Crippen LogP contribution >= 0.6 is 0 Å². The molecule has 148 valence electrons. The maximum Gasteiger partial charge on any atom is 0.322 e. The number of nitrogens with zero attached hydrogens (tertiary/aromatic N) is 1. The first-order valence-electron chi connectivity index (χ1n) is 9.73. The normalized spacial score (nSPS) is 13.0. The van der Waals surface area contributed by atoms with Crippen LogP contribution in [0.5, 0.6) is 11.5 Å². The Morgan fingerprint density at radius 2 is 1.72 bits per heavy atom. The number of methoxy groups -OCH3 is 1. The number of benzene rings is 3. The number of phenolic OH excluding ortho intramolecular Hbond substituents is 1. The first-order chi connectivity index (χ1) is 14.1. The van der Waals surface area contributed by atoms with Crippen LogP contribution in [0.3, 0.4) is 0 Å². The highest BCUT2D eigenvalue weighted by atomic mass is 16.5. The van der Waals surface area contributed by atoms with E-state index in [1.807, 2.05) is 53.4 Å². The number of hydrogen-bond donors (Lipinski definition) is 2. The molecular formula is C24H24N2O3. The van der Waals surface area contributed by atoms with Crippen molar-refractivity contribution in [3.63, 3.8) is 0 Å². The van der Waals surface area contributed by atoms with Crippen molar-refractivity contribution in [1.82, 2.24) is 4.90 Å². The largest absolute Gasteiger partial charge is 0.504 e. The Hall–Kier alpha value is -3.47. The lowest BCUT2D eigenvalue weighted by atomic mass is 10.1. The molecule has 3 aromatic carbocycles. The van der Waals surface area contributed by atoms with Gasteiger partial charge in [0.25, 0.3) is 0 Å². The molecule has 4 rings (SSSR count). The summed E-state index contributed by atoms with van der Waals surface area (Å²) in [6.07, 6.45) is 2.02. The summed E-state index contributed by atoms with van der Waals surface area (Å²) in [5.74, 6) is 0.507. The zero-order valence-corrected chi connectivity index (χ0v) is 16.3. The third-order valence-electron chi connectivity index (χ3n) is 5.09. The molecule has 29 heavy (non-hydrogen) atoms. The second kappa shape index (κ2) is 8.27. The maximum atomic E-state index is 12.9. The Bertz CT molecular complexity index is 983. The van der Waals surface area contributed by atoms with E-state index in [0.29, 0.717) is 12.3 Å². The zero-order chi connectivity index (χ0) is 20.2. The number of rotatable bonds is 6. The second-order valence-corrected chi connectivity index (χ2v) is 7.24. The van der Waals surface area contributed by atoms with Gasteiger partial charge in [-0.05, 0) is 53.8 Å². The molecule has 1 saturated carbocycles. The van der Waals surface area contributed by atoms with Crippen LogP contribution in [-0.2, 0) is 6.54 Å². The summed E-state index contributed by atoms with van der Waals surface area (Å²) in [5.41, 5.74) is 3.94. The SMILES string of the molecule is COc1cc(CN(C(=O)Nc2ccc(-c3ccccc3)cc2)C2CC2)ccc1O. The van der Waals surface area contributed by atoms with E-state index in [1.54, 1.807) is 12.1 Å². The van der Waals surface area contributed by atoms with Crippen LogP contribution in [-0.4, -0.2) is 29.2 Å². The van der Waals surface area contributed by atoms with E-state index >= 15 is 0 Å². The average molecular weight is 388 g/mol. The molecule has 0 spiro atoms. The highest BCUT2D eigenvalue weighted by Crippen LogP contribution is 2.32. The fourth-order valence-electron chi connectivity index (χ4n) is 3.34. The fourth-order valence-corrected chi connectivity index (χ4v) is 3.34. The standard InChI is InChI=1S/C24H24N2O3/c1-29-23-15-17(7-14-22(23)27)16-26(21-12-13-21)24(28)25-20-10-8-19(9-11-20)18-5-3-2-4-6-18/h2-11,14-15,21,27H,12-13,16H2,1H3,(H,25,28). The molecule has 3 aromatic rings. The molecule has 5 nitrogen and oxygen atoms in total. The maximum absolute atomic E-state index is 12.9. The van der Waals surface area contributed by atoms with Gasteiger partial charge in [0.05, 0.1) is 7.11 Å². The molecule has 5 heteroatoms. The van der Waals surface area contributed by atoms with E-state index < -0.39 is 0 Å². The van der Waals surface area contributed by atoms with Gasteiger partial charge in [-0.15, -0.1) is 0 Å². The van der Waals surface area contributed by atoms with Crippen LogP contribution in [0.15, 0.2) is 72.8 Å². The summed E-state index contributed by atoms with van der Waals surface area (Å²) in [6, 6.07) is 23.3. The van der Waals surface area contributed by atoms with E-state index in [-0.39, 0.29) is 17.8 Å². The monoisotopic (exact) mass is 388 g/mol. The van der Waals surface area contributed by atoms with Crippen molar-refractivity contribution >= 4 is 11.7 Å². The van der Waals surface area contributed by atoms with Crippen molar-refractivity contribution in [2.24, 2.45) is 0 Å². The molecule has 1 aliphatic rings. The smallest absolute Gasteiger partial charge is 0.322 e. The second-order valence-electron chi connectivity index (χ2n) is 7.24. The molecule has 0 radical (unpaired) electrons. The highest BCUT2D eigenvalue weighted by Gasteiger charge is 2.32. The number of phenols is 1. The molecule has 1 aliphatic carbocycles. The van der Waals surface area contributed by atoms with Crippen LogP contribution in [0.25, 0.3) is 11.1 Å².